The number of hydrogen-bond acceptors (Lipinski definition) is 1. The predicted molar refractivity (Wildman–Crippen MR) is 88.3 cm³/mol. The van der Waals surface area contributed by atoms with Gasteiger partial charge in [0.05, 0.1) is 0 Å². The molecule has 3 nitrogen and oxygen atoms in total. The largest absolute Gasteiger partial charge is 1.00 e. The molecule has 0 amide bonds. The summed E-state index contributed by atoms with van der Waals surface area (Å²) in [5.41, 5.74) is 3.40. The molecule has 1 aromatic heterocycles. The standard InChI is InChI=1S/C19H21NO2.ClH/c1-19(2,3)16-10-7-15(8-11-16)9-12-17-6-4-5-13-20(17)14-18(21)22;/h4-13H,14H2,1-3H3;1H/b12-9+;. The summed E-state index contributed by atoms with van der Waals surface area (Å²) >= 11 is 0. The minimum absolute atomic E-state index is 0. The molecule has 0 atom stereocenters. The Bertz CT molecular complexity index is 685. The average molecular weight is 332 g/mol. The van der Waals surface area contributed by atoms with Gasteiger partial charge in [-0.2, -0.15) is 4.57 Å². The topological polar surface area (TPSA) is 41.2 Å². The van der Waals surface area contributed by atoms with E-state index in [4.69, 9.17) is 5.11 Å². The third-order valence-electron chi connectivity index (χ3n) is 3.50. The van der Waals surface area contributed by atoms with Crippen molar-refractivity contribution in [3.63, 3.8) is 0 Å². The van der Waals surface area contributed by atoms with E-state index < -0.39 is 5.97 Å². The quantitative estimate of drug-likeness (QED) is 0.830. The first kappa shape index (κ1) is 18.9. The molecular weight excluding hydrogens is 310 g/mol. The van der Waals surface area contributed by atoms with Gasteiger partial charge in [-0.3, -0.25) is 0 Å². The predicted octanol–water partition coefficient (Wildman–Crippen LogP) is 0.531. The molecule has 0 saturated heterocycles. The number of pyridine rings is 1. The number of carbonyl (C=O) groups is 1. The lowest BCUT2D eigenvalue weighted by Crippen LogP contribution is -3.00. The summed E-state index contributed by atoms with van der Waals surface area (Å²) in [5, 5.41) is 8.94. The van der Waals surface area contributed by atoms with Gasteiger partial charge in [0.15, 0.2) is 6.20 Å². The number of carboxylic acid groups (broad SMARTS) is 1. The first-order valence-electron chi connectivity index (χ1n) is 7.35. The number of benzene rings is 1. The summed E-state index contributed by atoms with van der Waals surface area (Å²) in [6.45, 7) is 6.54. The second kappa shape index (κ2) is 7.93. The van der Waals surface area contributed by atoms with E-state index in [1.54, 1.807) is 10.8 Å². The zero-order valence-electron chi connectivity index (χ0n) is 13.7. The van der Waals surface area contributed by atoms with Gasteiger partial charge in [0.2, 0.25) is 12.2 Å². The molecule has 0 aliphatic heterocycles. The number of nitrogens with zero attached hydrogens (tertiary/aromatic N) is 1. The van der Waals surface area contributed by atoms with E-state index in [-0.39, 0.29) is 24.4 Å². The highest BCUT2D eigenvalue weighted by Gasteiger charge is 2.13. The molecule has 0 unspecified atom stereocenters. The number of aromatic nitrogens is 1. The maximum absolute atomic E-state index is 10.9. The van der Waals surface area contributed by atoms with E-state index in [0.29, 0.717) is 0 Å². The van der Waals surface area contributed by atoms with Crippen molar-refractivity contribution in [3.05, 3.63) is 65.5 Å². The van der Waals surface area contributed by atoms with Crippen LogP contribution < -0.4 is 17.0 Å². The number of aliphatic carboxylic acids is 1. The molecule has 1 aromatic carbocycles. The van der Waals surface area contributed by atoms with Crippen LogP contribution in [0.5, 0.6) is 0 Å². The fraction of sp³-hybridized carbons (Fsp3) is 0.263. The second-order valence-corrected chi connectivity index (χ2v) is 6.35. The summed E-state index contributed by atoms with van der Waals surface area (Å²) in [6, 6.07) is 14.1. The van der Waals surface area contributed by atoms with E-state index in [1.807, 2.05) is 30.4 Å². The van der Waals surface area contributed by atoms with E-state index in [9.17, 15) is 4.79 Å². The van der Waals surface area contributed by atoms with Crippen LogP contribution >= 0.6 is 0 Å². The molecule has 122 valence electrons. The van der Waals surface area contributed by atoms with Crippen LogP contribution in [0, 0.1) is 0 Å². The first-order valence-corrected chi connectivity index (χ1v) is 7.35. The summed E-state index contributed by atoms with van der Waals surface area (Å²) in [5.74, 6) is -0.847. The average Bonchev–Trinajstić information content (AvgIpc) is 2.45. The van der Waals surface area contributed by atoms with Crippen molar-refractivity contribution in [3.8, 4) is 0 Å². The molecule has 0 spiro atoms. The Balaban J connectivity index is 0.00000264. The number of hydrogen-bond donors (Lipinski definition) is 1. The van der Waals surface area contributed by atoms with Gasteiger partial charge < -0.3 is 17.5 Å². The highest BCUT2D eigenvalue weighted by atomic mass is 35.5. The Kier molecular flexibility index (Phi) is 6.52. The second-order valence-electron chi connectivity index (χ2n) is 6.35. The van der Waals surface area contributed by atoms with Gasteiger partial charge >= 0.3 is 5.97 Å². The maximum atomic E-state index is 10.9. The normalized spacial score (nSPS) is 11.3. The van der Waals surface area contributed by atoms with Crippen molar-refractivity contribution in [2.75, 3.05) is 0 Å². The van der Waals surface area contributed by atoms with Gasteiger partial charge in [-0.25, -0.2) is 4.79 Å². The zero-order chi connectivity index (χ0) is 16.2. The molecule has 0 aliphatic carbocycles. The number of halogens is 1. The molecular formula is C19H22ClNO2. The van der Waals surface area contributed by atoms with Gasteiger partial charge in [0.1, 0.15) is 0 Å². The zero-order valence-corrected chi connectivity index (χ0v) is 14.4. The Morgan fingerprint density at radius 1 is 1.09 bits per heavy atom. The fourth-order valence-corrected chi connectivity index (χ4v) is 2.21. The summed E-state index contributed by atoms with van der Waals surface area (Å²) in [4.78, 5) is 10.9. The third-order valence-corrected chi connectivity index (χ3v) is 3.50. The van der Waals surface area contributed by atoms with E-state index in [0.717, 1.165) is 11.3 Å². The number of rotatable bonds is 4. The van der Waals surface area contributed by atoms with Gasteiger partial charge in [0, 0.05) is 18.2 Å². The third kappa shape index (κ3) is 5.53. The van der Waals surface area contributed by atoms with Crippen LogP contribution in [-0.2, 0) is 16.8 Å². The lowest BCUT2D eigenvalue weighted by atomic mass is 9.87. The summed E-state index contributed by atoms with van der Waals surface area (Å²) in [7, 11) is 0. The van der Waals surface area contributed by atoms with Crippen molar-refractivity contribution >= 4 is 18.1 Å². The van der Waals surface area contributed by atoms with Crippen LogP contribution in [0.3, 0.4) is 0 Å². The van der Waals surface area contributed by atoms with Gasteiger partial charge in [-0.1, -0.05) is 45.0 Å². The van der Waals surface area contributed by atoms with Crippen LogP contribution in [0.15, 0.2) is 48.7 Å². The van der Waals surface area contributed by atoms with Gasteiger partial charge in [-0.15, -0.1) is 0 Å². The Labute approximate surface area is 143 Å². The van der Waals surface area contributed by atoms with E-state index >= 15 is 0 Å². The lowest BCUT2D eigenvalue weighted by molar-refractivity contribution is -0.687. The van der Waals surface area contributed by atoms with Crippen molar-refractivity contribution in [2.45, 2.75) is 32.7 Å². The minimum Gasteiger partial charge on any atom is -1.00 e. The molecule has 0 bridgehead atoms. The van der Waals surface area contributed by atoms with Crippen LogP contribution in [0.1, 0.15) is 37.6 Å². The van der Waals surface area contributed by atoms with Crippen LogP contribution in [0.4, 0.5) is 0 Å². The highest BCUT2D eigenvalue weighted by Crippen LogP contribution is 2.22. The van der Waals surface area contributed by atoms with Gasteiger partial charge in [0.25, 0.3) is 0 Å². The summed E-state index contributed by atoms with van der Waals surface area (Å²) in [6.07, 6.45) is 5.71. The van der Waals surface area contributed by atoms with Crippen molar-refractivity contribution in [1.82, 2.24) is 0 Å². The van der Waals surface area contributed by atoms with Crippen molar-refractivity contribution < 1.29 is 26.9 Å². The highest BCUT2D eigenvalue weighted by molar-refractivity contribution is 5.68. The molecule has 1 N–H and O–H groups in total. The molecule has 23 heavy (non-hydrogen) atoms. The molecule has 0 fully saturated rings. The molecule has 1 heterocycles. The number of carboxylic acids is 1. The fourth-order valence-electron chi connectivity index (χ4n) is 2.21. The molecule has 2 aromatic rings. The molecule has 0 radical (unpaired) electrons. The SMILES string of the molecule is CC(C)(C)c1ccc(/C=C/c2cccc[n+]2CC(=O)O)cc1.[Cl-]. The lowest BCUT2D eigenvalue weighted by Gasteiger charge is -2.18. The Morgan fingerprint density at radius 2 is 1.74 bits per heavy atom. The van der Waals surface area contributed by atoms with Crippen LogP contribution in [-0.4, -0.2) is 11.1 Å². The van der Waals surface area contributed by atoms with Crippen LogP contribution in [0.25, 0.3) is 12.2 Å². The Hall–Kier alpha value is -2.13. The van der Waals surface area contributed by atoms with Crippen molar-refractivity contribution in [1.29, 1.82) is 0 Å². The van der Waals surface area contributed by atoms with Crippen LogP contribution in [0.2, 0.25) is 0 Å². The first-order chi connectivity index (χ1) is 10.4. The molecule has 0 saturated carbocycles. The molecule has 2 rings (SSSR count). The van der Waals surface area contributed by atoms with E-state index in [2.05, 4.69) is 45.0 Å². The van der Waals surface area contributed by atoms with E-state index in [1.165, 1.54) is 5.56 Å². The maximum Gasteiger partial charge on any atom is 0.370 e. The smallest absolute Gasteiger partial charge is 0.370 e. The van der Waals surface area contributed by atoms with Gasteiger partial charge in [-0.05, 0) is 28.7 Å². The summed E-state index contributed by atoms with van der Waals surface area (Å²) < 4.78 is 1.71. The molecule has 4 heteroatoms. The Morgan fingerprint density at radius 3 is 2.30 bits per heavy atom. The molecule has 0 aliphatic rings. The minimum atomic E-state index is -0.847. The monoisotopic (exact) mass is 331 g/mol. The van der Waals surface area contributed by atoms with Crippen molar-refractivity contribution in [2.24, 2.45) is 0 Å².